The van der Waals surface area contributed by atoms with Crippen LogP contribution in [0.25, 0.3) is 0 Å². The molecular weight excluding hydrogens is 457 g/mol. The van der Waals surface area contributed by atoms with Crippen molar-refractivity contribution in [2.75, 3.05) is 31.6 Å². The van der Waals surface area contributed by atoms with E-state index in [2.05, 4.69) is 4.90 Å². The number of esters is 1. The zero-order valence-electron chi connectivity index (χ0n) is 18.8. The van der Waals surface area contributed by atoms with Crippen LogP contribution in [-0.2, 0) is 28.9 Å². The summed E-state index contributed by atoms with van der Waals surface area (Å²) in [5.41, 5.74) is 2.19. The maximum atomic E-state index is 13.4. The van der Waals surface area contributed by atoms with Gasteiger partial charge in [-0.2, -0.15) is 13.2 Å². The van der Waals surface area contributed by atoms with E-state index in [0.717, 1.165) is 22.8 Å². The van der Waals surface area contributed by atoms with E-state index in [-0.39, 0.29) is 29.6 Å². The molecule has 0 radical (unpaired) electrons. The Hall–Kier alpha value is -2.29. The number of aliphatic hydroxyl groups is 1. The summed E-state index contributed by atoms with van der Waals surface area (Å²) in [6, 6.07) is 9.43. The summed E-state index contributed by atoms with van der Waals surface area (Å²) in [6.07, 6.45) is -4.54. The van der Waals surface area contributed by atoms with E-state index in [1.165, 1.54) is 13.2 Å². The number of methoxy groups -OCH3 is 1. The molecular formula is C24H28ClF3N2O3. The van der Waals surface area contributed by atoms with Gasteiger partial charge in [0.2, 0.25) is 0 Å². The Kier molecular flexibility index (Phi) is 7.92. The van der Waals surface area contributed by atoms with Crippen molar-refractivity contribution in [3.63, 3.8) is 0 Å². The number of rotatable bonds is 8. The Morgan fingerprint density at radius 2 is 1.94 bits per heavy atom. The lowest BCUT2D eigenvalue weighted by atomic mass is 9.95. The summed E-state index contributed by atoms with van der Waals surface area (Å²) in [5, 5.41) is 9.44. The Morgan fingerprint density at radius 3 is 2.52 bits per heavy atom. The van der Waals surface area contributed by atoms with Crippen molar-refractivity contribution in [1.29, 1.82) is 0 Å². The summed E-state index contributed by atoms with van der Waals surface area (Å²) in [5.74, 6) is -0.367. The van der Waals surface area contributed by atoms with Gasteiger partial charge in [0, 0.05) is 31.9 Å². The summed E-state index contributed by atoms with van der Waals surface area (Å²) in [6.45, 7) is 5.92. The van der Waals surface area contributed by atoms with Crippen molar-refractivity contribution in [2.45, 2.75) is 39.2 Å². The van der Waals surface area contributed by atoms with Gasteiger partial charge < -0.3 is 14.7 Å². The van der Waals surface area contributed by atoms with Gasteiger partial charge in [-0.1, -0.05) is 29.8 Å². The second kappa shape index (κ2) is 10.3. The van der Waals surface area contributed by atoms with Gasteiger partial charge in [0.25, 0.3) is 0 Å². The van der Waals surface area contributed by atoms with E-state index in [9.17, 15) is 23.1 Å². The second-order valence-electron chi connectivity index (χ2n) is 8.22. The first-order chi connectivity index (χ1) is 15.6. The molecule has 0 spiro atoms. The Balaban J connectivity index is 1.83. The van der Waals surface area contributed by atoms with Crippen molar-refractivity contribution >= 4 is 23.3 Å². The molecule has 2 aromatic rings. The monoisotopic (exact) mass is 484 g/mol. The van der Waals surface area contributed by atoms with Gasteiger partial charge in [-0.15, -0.1) is 0 Å². The van der Waals surface area contributed by atoms with Gasteiger partial charge >= 0.3 is 12.1 Å². The molecule has 1 aliphatic rings. The number of ether oxygens (including phenoxy) is 1. The number of benzene rings is 2. The van der Waals surface area contributed by atoms with Crippen molar-refractivity contribution < 1.29 is 27.8 Å². The van der Waals surface area contributed by atoms with Crippen molar-refractivity contribution in [1.82, 2.24) is 4.90 Å². The number of likely N-dealkylation sites (tertiary alicyclic amines) is 1. The first kappa shape index (κ1) is 25.3. The van der Waals surface area contributed by atoms with Gasteiger partial charge in [-0.25, -0.2) is 0 Å². The summed E-state index contributed by atoms with van der Waals surface area (Å²) >= 11 is 5.79. The Morgan fingerprint density at radius 1 is 1.24 bits per heavy atom. The molecule has 1 saturated heterocycles. The Labute approximate surface area is 196 Å². The summed E-state index contributed by atoms with van der Waals surface area (Å²) in [4.78, 5) is 15.6. The number of carbonyl (C=O) groups is 1. The van der Waals surface area contributed by atoms with Gasteiger partial charge in [0.1, 0.15) is 0 Å². The number of anilines is 1. The molecule has 180 valence electrons. The minimum Gasteiger partial charge on any atom is -0.469 e. The number of nitrogens with zero attached hydrogens (tertiary/aromatic N) is 2. The number of hydrogen-bond acceptors (Lipinski definition) is 5. The summed E-state index contributed by atoms with van der Waals surface area (Å²) in [7, 11) is 1.37. The highest BCUT2D eigenvalue weighted by Crippen LogP contribution is 2.38. The van der Waals surface area contributed by atoms with Crippen LogP contribution in [0.5, 0.6) is 0 Å². The zero-order valence-corrected chi connectivity index (χ0v) is 19.6. The van der Waals surface area contributed by atoms with E-state index < -0.39 is 11.7 Å². The first-order valence-corrected chi connectivity index (χ1v) is 11.1. The average Bonchev–Trinajstić information content (AvgIpc) is 2.75. The molecule has 0 amide bonds. The van der Waals surface area contributed by atoms with E-state index in [4.69, 9.17) is 16.3 Å². The number of halogens is 4. The van der Waals surface area contributed by atoms with Crippen molar-refractivity contribution in [3.8, 4) is 0 Å². The Bertz CT molecular complexity index is 993. The predicted molar refractivity (Wildman–Crippen MR) is 121 cm³/mol. The van der Waals surface area contributed by atoms with Crippen LogP contribution in [0.3, 0.4) is 0 Å². The topological polar surface area (TPSA) is 53.0 Å². The number of hydrogen-bond donors (Lipinski definition) is 1. The fraction of sp³-hybridized carbons (Fsp3) is 0.458. The van der Waals surface area contributed by atoms with Crippen LogP contribution in [0.15, 0.2) is 36.4 Å². The van der Waals surface area contributed by atoms with Gasteiger partial charge in [0.05, 0.1) is 36.3 Å². The van der Waals surface area contributed by atoms with Gasteiger partial charge in [-0.05, 0) is 48.7 Å². The first-order valence-electron chi connectivity index (χ1n) is 10.7. The maximum absolute atomic E-state index is 13.4. The van der Waals surface area contributed by atoms with Crippen LogP contribution in [0.1, 0.15) is 42.1 Å². The lowest BCUT2D eigenvalue weighted by Crippen LogP contribution is -2.50. The third-order valence-corrected chi connectivity index (χ3v) is 6.49. The lowest BCUT2D eigenvalue weighted by Gasteiger charge is -2.38. The molecule has 3 rings (SSSR count). The molecule has 0 bridgehead atoms. The van der Waals surface area contributed by atoms with Crippen LogP contribution in [0, 0.1) is 5.92 Å². The minimum atomic E-state index is -4.54. The summed E-state index contributed by atoms with van der Waals surface area (Å²) < 4.78 is 44.8. The average molecular weight is 485 g/mol. The van der Waals surface area contributed by atoms with Gasteiger partial charge in [0.15, 0.2) is 0 Å². The third-order valence-electron chi connectivity index (χ3n) is 6.16. The largest absolute Gasteiger partial charge is 0.469 e. The van der Waals surface area contributed by atoms with Crippen LogP contribution >= 0.6 is 11.6 Å². The minimum absolute atomic E-state index is 0.123. The zero-order chi connectivity index (χ0) is 24.3. The molecule has 1 N–H and O–H groups in total. The molecule has 0 aliphatic carbocycles. The van der Waals surface area contributed by atoms with E-state index in [0.29, 0.717) is 31.9 Å². The predicted octanol–water partition coefficient (Wildman–Crippen LogP) is 5.04. The van der Waals surface area contributed by atoms with E-state index in [1.54, 1.807) is 6.07 Å². The SMILES string of the molecule is CCN(c1ccc(Cl)c(C(F)(F)F)c1)C(C)c1ccc(CO)c(CN2CC(C(=O)OC)C2)c1. The normalized spacial score (nSPS) is 15.8. The van der Waals surface area contributed by atoms with Gasteiger partial charge in [-0.3, -0.25) is 9.69 Å². The van der Waals surface area contributed by atoms with Crippen LogP contribution < -0.4 is 4.90 Å². The molecule has 33 heavy (non-hydrogen) atoms. The fourth-order valence-corrected chi connectivity index (χ4v) is 4.46. The van der Waals surface area contributed by atoms with Crippen LogP contribution in [0.2, 0.25) is 5.02 Å². The van der Waals surface area contributed by atoms with Crippen LogP contribution in [0.4, 0.5) is 18.9 Å². The quantitative estimate of drug-likeness (QED) is 0.532. The van der Waals surface area contributed by atoms with Crippen molar-refractivity contribution in [3.05, 3.63) is 63.7 Å². The number of carbonyl (C=O) groups excluding carboxylic acids is 1. The molecule has 9 heteroatoms. The molecule has 0 aromatic heterocycles. The molecule has 1 fully saturated rings. The molecule has 1 atom stereocenters. The fourth-order valence-electron chi connectivity index (χ4n) is 4.23. The number of alkyl halides is 3. The molecule has 1 heterocycles. The maximum Gasteiger partial charge on any atom is 0.417 e. The third kappa shape index (κ3) is 5.62. The highest BCUT2D eigenvalue weighted by Gasteiger charge is 2.35. The molecule has 0 saturated carbocycles. The standard InChI is InChI=1S/C24H28ClF3N2O3/c1-4-30(20-7-8-22(25)21(10-20)24(26,27)28)15(2)16-5-6-17(14-31)18(9-16)11-29-12-19(13-29)23(32)33-3/h5-10,15,19,31H,4,11-14H2,1-3H3. The highest BCUT2D eigenvalue weighted by molar-refractivity contribution is 6.31. The molecule has 1 unspecified atom stereocenters. The molecule has 5 nitrogen and oxygen atoms in total. The lowest BCUT2D eigenvalue weighted by molar-refractivity contribution is -0.151. The molecule has 1 aliphatic heterocycles. The molecule has 2 aromatic carbocycles. The van der Waals surface area contributed by atoms with Crippen LogP contribution in [-0.4, -0.2) is 42.7 Å². The van der Waals surface area contributed by atoms with Crippen molar-refractivity contribution in [2.24, 2.45) is 5.92 Å². The smallest absolute Gasteiger partial charge is 0.417 e. The van der Waals surface area contributed by atoms with E-state index in [1.807, 2.05) is 36.9 Å². The second-order valence-corrected chi connectivity index (χ2v) is 8.63. The number of aliphatic hydroxyl groups excluding tert-OH is 1. The van der Waals surface area contributed by atoms with E-state index >= 15 is 0 Å². The highest BCUT2D eigenvalue weighted by atomic mass is 35.5.